The number of rotatable bonds is 10. The zero-order chi connectivity index (χ0) is 22.2. The molecule has 0 spiro atoms. The van der Waals surface area contributed by atoms with E-state index in [-0.39, 0.29) is 24.3 Å². The van der Waals surface area contributed by atoms with E-state index < -0.39 is 0 Å². The summed E-state index contributed by atoms with van der Waals surface area (Å²) >= 11 is 6.96. The van der Waals surface area contributed by atoms with Crippen molar-refractivity contribution in [2.24, 2.45) is 0 Å². The lowest BCUT2D eigenvalue weighted by atomic mass is 10.2. The summed E-state index contributed by atoms with van der Waals surface area (Å²) in [6, 6.07) is 12.5. The molecule has 0 saturated carbocycles. The van der Waals surface area contributed by atoms with Crippen molar-refractivity contribution in [1.82, 2.24) is 4.90 Å². The number of para-hydroxylation sites is 1. The van der Waals surface area contributed by atoms with Crippen molar-refractivity contribution in [3.05, 3.63) is 58.0 Å². The van der Waals surface area contributed by atoms with Gasteiger partial charge in [0.1, 0.15) is 12.4 Å². The maximum absolute atomic E-state index is 12.7. The minimum Gasteiger partial charge on any atom is -0.493 e. The lowest BCUT2D eigenvalue weighted by molar-refractivity contribution is -0.123. The first kappa shape index (κ1) is 23.0. The van der Waals surface area contributed by atoms with E-state index in [1.807, 2.05) is 12.1 Å². The number of thioether (sulfide) groups is 1. The molecule has 164 valence electrons. The molecule has 0 N–H and O–H groups in total. The lowest BCUT2D eigenvalue weighted by Gasteiger charge is -2.13. The third kappa shape index (κ3) is 5.95. The van der Waals surface area contributed by atoms with Crippen LogP contribution in [0, 0.1) is 0 Å². The largest absolute Gasteiger partial charge is 0.493 e. The van der Waals surface area contributed by atoms with Gasteiger partial charge >= 0.3 is 0 Å². The highest BCUT2D eigenvalue weighted by Crippen LogP contribution is 2.34. The van der Waals surface area contributed by atoms with Gasteiger partial charge in [-0.15, -0.1) is 0 Å². The Hall–Kier alpha value is -2.64. The molecular formula is C23H24ClNO5S. The Labute approximate surface area is 191 Å². The molecule has 1 saturated heterocycles. The van der Waals surface area contributed by atoms with Gasteiger partial charge in [0.05, 0.1) is 30.2 Å². The number of hydrogen-bond acceptors (Lipinski definition) is 6. The van der Waals surface area contributed by atoms with Crippen LogP contribution in [0.25, 0.3) is 6.08 Å². The number of hydrogen-bond donors (Lipinski definition) is 0. The van der Waals surface area contributed by atoms with Gasteiger partial charge in [-0.25, -0.2) is 0 Å². The minimum absolute atomic E-state index is 0.140. The average molecular weight is 462 g/mol. The smallest absolute Gasteiger partial charge is 0.293 e. The standard InChI is InChI=1S/C23H24ClNO5S/c1-3-4-12-29-19-10-9-16(14-20(19)28-2)15-21-22(26)25(23(27)31-21)11-13-30-18-8-6-5-7-17(18)24/h5-10,14-15H,3-4,11-13H2,1-2H3/b21-15-. The monoisotopic (exact) mass is 461 g/mol. The molecule has 8 heteroatoms. The van der Waals surface area contributed by atoms with Crippen LogP contribution in [0.4, 0.5) is 4.79 Å². The lowest BCUT2D eigenvalue weighted by Crippen LogP contribution is -2.32. The van der Waals surface area contributed by atoms with E-state index in [0.29, 0.717) is 33.8 Å². The zero-order valence-electron chi connectivity index (χ0n) is 17.4. The Morgan fingerprint density at radius 3 is 2.55 bits per heavy atom. The van der Waals surface area contributed by atoms with Crippen LogP contribution in [0.15, 0.2) is 47.4 Å². The highest BCUT2D eigenvalue weighted by atomic mass is 35.5. The number of amides is 2. The van der Waals surface area contributed by atoms with Crippen molar-refractivity contribution >= 4 is 40.6 Å². The maximum Gasteiger partial charge on any atom is 0.293 e. The molecule has 0 aromatic heterocycles. The zero-order valence-corrected chi connectivity index (χ0v) is 19.0. The summed E-state index contributed by atoms with van der Waals surface area (Å²) in [5.41, 5.74) is 0.748. The third-order valence-electron chi connectivity index (χ3n) is 4.52. The van der Waals surface area contributed by atoms with Gasteiger partial charge in [0.15, 0.2) is 11.5 Å². The predicted octanol–water partition coefficient (Wildman–Crippen LogP) is 5.64. The van der Waals surface area contributed by atoms with Crippen LogP contribution in [0.2, 0.25) is 5.02 Å². The number of carbonyl (C=O) groups excluding carboxylic acids is 2. The first-order valence-electron chi connectivity index (χ1n) is 9.97. The van der Waals surface area contributed by atoms with E-state index in [9.17, 15) is 9.59 Å². The highest BCUT2D eigenvalue weighted by molar-refractivity contribution is 8.18. The summed E-state index contributed by atoms with van der Waals surface area (Å²) < 4.78 is 16.7. The number of imide groups is 1. The van der Waals surface area contributed by atoms with Gasteiger partial charge in [-0.05, 0) is 54.1 Å². The molecule has 1 aliphatic rings. The minimum atomic E-state index is -0.347. The first-order chi connectivity index (χ1) is 15.0. The fraction of sp³-hybridized carbons (Fsp3) is 0.304. The summed E-state index contributed by atoms with van der Waals surface area (Å²) in [7, 11) is 1.57. The fourth-order valence-corrected chi connectivity index (χ4v) is 3.93. The number of carbonyl (C=O) groups is 2. The summed E-state index contributed by atoms with van der Waals surface area (Å²) in [4.78, 5) is 26.5. The van der Waals surface area contributed by atoms with Gasteiger partial charge in [0, 0.05) is 0 Å². The molecule has 2 aromatic carbocycles. The van der Waals surface area contributed by atoms with Crippen LogP contribution >= 0.6 is 23.4 Å². The van der Waals surface area contributed by atoms with Crippen molar-refractivity contribution < 1.29 is 23.8 Å². The third-order valence-corrected chi connectivity index (χ3v) is 5.74. The Kier molecular flexibility index (Phi) is 8.26. The number of halogens is 1. The van der Waals surface area contributed by atoms with Crippen molar-refractivity contribution in [2.45, 2.75) is 19.8 Å². The van der Waals surface area contributed by atoms with E-state index in [4.69, 9.17) is 25.8 Å². The SMILES string of the molecule is CCCCOc1ccc(/C=C2\SC(=O)N(CCOc3ccccc3Cl)C2=O)cc1OC. The summed E-state index contributed by atoms with van der Waals surface area (Å²) in [5, 5.41) is 0.151. The van der Waals surface area contributed by atoms with Crippen molar-refractivity contribution in [3.8, 4) is 17.2 Å². The normalized spacial score (nSPS) is 14.9. The first-order valence-corrected chi connectivity index (χ1v) is 11.2. The topological polar surface area (TPSA) is 65.1 Å². The van der Waals surface area contributed by atoms with Crippen LogP contribution in [0.3, 0.4) is 0 Å². The average Bonchev–Trinajstić information content (AvgIpc) is 3.03. The summed E-state index contributed by atoms with van der Waals surface area (Å²) in [5.74, 6) is 1.40. The summed E-state index contributed by atoms with van der Waals surface area (Å²) in [6.07, 6.45) is 3.68. The highest BCUT2D eigenvalue weighted by Gasteiger charge is 2.34. The number of nitrogens with zero attached hydrogens (tertiary/aromatic N) is 1. The molecule has 0 atom stereocenters. The van der Waals surface area contributed by atoms with Gasteiger partial charge < -0.3 is 14.2 Å². The number of unbranched alkanes of at least 4 members (excludes halogenated alkanes) is 1. The molecule has 0 unspecified atom stereocenters. The second-order valence-electron chi connectivity index (χ2n) is 6.72. The molecule has 0 aliphatic carbocycles. The van der Waals surface area contributed by atoms with Crippen LogP contribution < -0.4 is 14.2 Å². The van der Waals surface area contributed by atoms with Crippen LogP contribution in [0.1, 0.15) is 25.3 Å². The van der Waals surface area contributed by atoms with Gasteiger partial charge in [0.25, 0.3) is 11.1 Å². The molecule has 1 fully saturated rings. The second-order valence-corrected chi connectivity index (χ2v) is 8.12. The molecule has 3 rings (SSSR count). The summed E-state index contributed by atoms with van der Waals surface area (Å²) in [6.45, 7) is 3.01. The van der Waals surface area contributed by atoms with Gasteiger partial charge in [0.2, 0.25) is 0 Å². The molecule has 6 nitrogen and oxygen atoms in total. The van der Waals surface area contributed by atoms with Gasteiger partial charge in [-0.2, -0.15) is 0 Å². The van der Waals surface area contributed by atoms with Crippen molar-refractivity contribution in [1.29, 1.82) is 0 Å². The van der Waals surface area contributed by atoms with Crippen molar-refractivity contribution in [2.75, 3.05) is 26.9 Å². The van der Waals surface area contributed by atoms with Crippen LogP contribution in [-0.2, 0) is 4.79 Å². The molecule has 2 aromatic rings. The predicted molar refractivity (Wildman–Crippen MR) is 123 cm³/mol. The molecule has 31 heavy (non-hydrogen) atoms. The fourth-order valence-electron chi connectivity index (χ4n) is 2.87. The molecule has 0 radical (unpaired) electrons. The molecule has 1 heterocycles. The Morgan fingerprint density at radius 2 is 1.81 bits per heavy atom. The van der Waals surface area contributed by atoms with E-state index in [0.717, 1.165) is 30.2 Å². The number of methoxy groups -OCH3 is 1. The van der Waals surface area contributed by atoms with Gasteiger partial charge in [-0.1, -0.05) is 43.1 Å². The molecule has 2 amide bonds. The van der Waals surface area contributed by atoms with Crippen LogP contribution in [-0.4, -0.2) is 42.9 Å². The van der Waals surface area contributed by atoms with Gasteiger partial charge in [-0.3, -0.25) is 14.5 Å². The quantitative estimate of drug-likeness (QED) is 0.337. The van der Waals surface area contributed by atoms with Crippen molar-refractivity contribution in [3.63, 3.8) is 0 Å². The second kappa shape index (κ2) is 11.1. The molecule has 0 bridgehead atoms. The Bertz CT molecular complexity index is 978. The van der Waals surface area contributed by atoms with E-state index >= 15 is 0 Å². The van der Waals surface area contributed by atoms with Crippen LogP contribution in [0.5, 0.6) is 17.2 Å². The molecular weight excluding hydrogens is 438 g/mol. The Balaban J connectivity index is 1.64. The maximum atomic E-state index is 12.7. The molecule has 1 aliphatic heterocycles. The number of benzene rings is 2. The van der Waals surface area contributed by atoms with E-state index in [2.05, 4.69) is 6.92 Å². The number of ether oxygens (including phenoxy) is 3. The Morgan fingerprint density at radius 1 is 1.03 bits per heavy atom. The van der Waals surface area contributed by atoms with E-state index in [1.54, 1.807) is 43.5 Å². The van der Waals surface area contributed by atoms with E-state index in [1.165, 1.54) is 4.90 Å².